The highest BCUT2D eigenvalue weighted by Gasteiger charge is 2.21. The van der Waals surface area contributed by atoms with Crippen LogP contribution >= 0.6 is 0 Å². The zero-order valence-corrected chi connectivity index (χ0v) is 12.6. The number of nitrogens with two attached hydrogens (primary N) is 1. The Morgan fingerprint density at radius 3 is 2.52 bits per heavy atom. The van der Waals surface area contributed by atoms with Gasteiger partial charge in [-0.15, -0.1) is 0 Å². The van der Waals surface area contributed by atoms with Crippen LogP contribution in [0.5, 0.6) is 11.5 Å². The van der Waals surface area contributed by atoms with Crippen LogP contribution in [0.2, 0.25) is 0 Å². The predicted octanol–water partition coefficient (Wildman–Crippen LogP) is 2.54. The molecule has 1 aromatic carbocycles. The Balaban J connectivity index is 2.71. The first kappa shape index (κ1) is 14.9. The van der Waals surface area contributed by atoms with Gasteiger partial charge in [0.1, 0.15) is 23.0 Å². The van der Waals surface area contributed by atoms with E-state index in [-0.39, 0.29) is 6.04 Å². The van der Waals surface area contributed by atoms with Gasteiger partial charge < -0.3 is 15.2 Å². The van der Waals surface area contributed by atoms with E-state index in [1.807, 2.05) is 13.8 Å². The molecule has 6 heteroatoms. The lowest BCUT2D eigenvalue weighted by molar-refractivity contribution is 0.112. The number of rotatable bonds is 5. The number of aromatic nitrogens is 2. The molecule has 0 amide bonds. The number of methoxy groups -OCH3 is 2. The van der Waals surface area contributed by atoms with Gasteiger partial charge in [-0.3, -0.25) is 4.79 Å². The molecule has 0 bridgehead atoms. The van der Waals surface area contributed by atoms with Crippen LogP contribution in [0.25, 0.3) is 11.3 Å². The second kappa shape index (κ2) is 5.87. The number of anilines is 1. The summed E-state index contributed by atoms with van der Waals surface area (Å²) < 4.78 is 12.2. The molecule has 0 saturated carbocycles. The number of nitrogen functional groups attached to an aromatic ring is 1. The van der Waals surface area contributed by atoms with Crippen LogP contribution in [0, 0.1) is 0 Å². The number of aldehydes is 1. The quantitative estimate of drug-likeness (QED) is 0.856. The third-order valence-corrected chi connectivity index (χ3v) is 3.25. The standard InChI is InChI=1S/C15H19N3O3/c1-9(2)18-15(16)12(8-19)14(17-18)11-7-10(20-3)5-6-13(11)21-4/h5-9H,16H2,1-4H3. The first-order chi connectivity index (χ1) is 10.0. The number of hydrogen-bond acceptors (Lipinski definition) is 5. The van der Waals surface area contributed by atoms with Crippen molar-refractivity contribution in [3.05, 3.63) is 23.8 Å². The Morgan fingerprint density at radius 2 is 2.00 bits per heavy atom. The van der Waals surface area contributed by atoms with Crippen LogP contribution in [0.1, 0.15) is 30.2 Å². The second-order valence-corrected chi connectivity index (χ2v) is 4.87. The van der Waals surface area contributed by atoms with E-state index in [1.54, 1.807) is 37.1 Å². The van der Waals surface area contributed by atoms with Gasteiger partial charge in [0.05, 0.1) is 19.8 Å². The first-order valence-electron chi connectivity index (χ1n) is 6.59. The van der Waals surface area contributed by atoms with Crippen LogP contribution in [-0.4, -0.2) is 30.3 Å². The van der Waals surface area contributed by atoms with Gasteiger partial charge in [-0.1, -0.05) is 0 Å². The lowest BCUT2D eigenvalue weighted by atomic mass is 10.1. The van der Waals surface area contributed by atoms with Gasteiger partial charge in [-0.25, -0.2) is 4.68 Å². The Morgan fingerprint density at radius 1 is 1.29 bits per heavy atom. The summed E-state index contributed by atoms with van der Waals surface area (Å²) in [5, 5.41) is 4.46. The maximum absolute atomic E-state index is 11.4. The van der Waals surface area contributed by atoms with Crippen LogP contribution in [0.15, 0.2) is 18.2 Å². The normalized spacial score (nSPS) is 10.7. The van der Waals surface area contributed by atoms with E-state index in [4.69, 9.17) is 15.2 Å². The average molecular weight is 289 g/mol. The molecule has 0 fully saturated rings. The van der Waals surface area contributed by atoms with E-state index < -0.39 is 0 Å². The molecule has 0 saturated heterocycles. The summed E-state index contributed by atoms with van der Waals surface area (Å²) in [5.74, 6) is 1.60. The molecule has 2 rings (SSSR count). The zero-order valence-electron chi connectivity index (χ0n) is 12.6. The smallest absolute Gasteiger partial charge is 0.156 e. The molecular weight excluding hydrogens is 270 g/mol. The van der Waals surface area contributed by atoms with Crippen LogP contribution in [-0.2, 0) is 0 Å². The van der Waals surface area contributed by atoms with E-state index in [9.17, 15) is 4.79 Å². The SMILES string of the molecule is COc1ccc(OC)c(-c2nn(C(C)C)c(N)c2C=O)c1. The summed E-state index contributed by atoms with van der Waals surface area (Å²) in [6.45, 7) is 3.90. The third-order valence-electron chi connectivity index (χ3n) is 3.25. The van der Waals surface area contributed by atoms with Crippen molar-refractivity contribution in [2.24, 2.45) is 0 Å². The fraction of sp³-hybridized carbons (Fsp3) is 0.333. The monoisotopic (exact) mass is 289 g/mol. The molecule has 0 aliphatic rings. The molecule has 1 heterocycles. The first-order valence-corrected chi connectivity index (χ1v) is 6.59. The fourth-order valence-electron chi connectivity index (χ4n) is 2.17. The van der Waals surface area contributed by atoms with Gasteiger partial charge in [0.15, 0.2) is 6.29 Å². The minimum atomic E-state index is 0.0500. The average Bonchev–Trinajstić information content (AvgIpc) is 2.83. The van der Waals surface area contributed by atoms with Crippen molar-refractivity contribution in [3.8, 4) is 22.8 Å². The number of nitrogens with zero attached hydrogens (tertiary/aromatic N) is 2. The minimum Gasteiger partial charge on any atom is -0.497 e. The summed E-state index contributed by atoms with van der Waals surface area (Å²) in [4.78, 5) is 11.4. The second-order valence-electron chi connectivity index (χ2n) is 4.87. The number of ether oxygens (including phenoxy) is 2. The van der Waals surface area contributed by atoms with Crippen molar-refractivity contribution in [3.63, 3.8) is 0 Å². The summed E-state index contributed by atoms with van der Waals surface area (Å²) in [7, 11) is 3.14. The maximum atomic E-state index is 11.4. The van der Waals surface area contributed by atoms with Gasteiger partial charge in [-0.2, -0.15) is 5.10 Å². The molecule has 21 heavy (non-hydrogen) atoms. The largest absolute Gasteiger partial charge is 0.497 e. The van der Waals surface area contributed by atoms with Crippen molar-refractivity contribution in [1.82, 2.24) is 9.78 Å². The van der Waals surface area contributed by atoms with Crippen molar-refractivity contribution >= 4 is 12.1 Å². The Labute approximate surface area is 123 Å². The summed E-state index contributed by atoms with van der Waals surface area (Å²) in [5.41, 5.74) is 7.53. The van der Waals surface area contributed by atoms with E-state index in [2.05, 4.69) is 5.10 Å². The molecule has 1 aromatic heterocycles. The van der Waals surface area contributed by atoms with Gasteiger partial charge >= 0.3 is 0 Å². The van der Waals surface area contributed by atoms with Crippen molar-refractivity contribution in [2.75, 3.05) is 20.0 Å². The lowest BCUT2D eigenvalue weighted by Crippen LogP contribution is -2.07. The van der Waals surface area contributed by atoms with Crippen molar-refractivity contribution in [2.45, 2.75) is 19.9 Å². The summed E-state index contributed by atoms with van der Waals surface area (Å²) in [6.07, 6.45) is 0.718. The molecule has 0 atom stereocenters. The zero-order chi connectivity index (χ0) is 15.6. The number of carbonyl (C=O) groups excluding carboxylic acids is 1. The van der Waals surface area contributed by atoms with Crippen molar-refractivity contribution < 1.29 is 14.3 Å². The van der Waals surface area contributed by atoms with E-state index >= 15 is 0 Å². The number of hydrogen-bond donors (Lipinski definition) is 1. The molecule has 2 aromatic rings. The van der Waals surface area contributed by atoms with Crippen LogP contribution < -0.4 is 15.2 Å². The van der Waals surface area contributed by atoms with E-state index in [0.717, 1.165) is 6.29 Å². The van der Waals surface area contributed by atoms with Crippen molar-refractivity contribution in [1.29, 1.82) is 0 Å². The molecule has 0 aliphatic carbocycles. The third kappa shape index (κ3) is 2.56. The summed E-state index contributed by atoms with van der Waals surface area (Å²) >= 11 is 0. The molecule has 0 radical (unpaired) electrons. The van der Waals surface area contributed by atoms with Crippen LogP contribution in [0.4, 0.5) is 5.82 Å². The van der Waals surface area contributed by atoms with Gasteiger partial charge in [0.25, 0.3) is 0 Å². The summed E-state index contributed by atoms with van der Waals surface area (Å²) in [6, 6.07) is 5.38. The predicted molar refractivity (Wildman–Crippen MR) is 81.0 cm³/mol. The maximum Gasteiger partial charge on any atom is 0.156 e. The van der Waals surface area contributed by atoms with Gasteiger partial charge in [0.2, 0.25) is 0 Å². The Bertz CT molecular complexity index is 662. The number of benzene rings is 1. The highest BCUT2D eigenvalue weighted by molar-refractivity contribution is 5.93. The molecule has 0 spiro atoms. The molecule has 2 N–H and O–H groups in total. The molecule has 112 valence electrons. The molecule has 6 nitrogen and oxygen atoms in total. The lowest BCUT2D eigenvalue weighted by Gasteiger charge is -2.09. The Hall–Kier alpha value is -2.50. The number of carbonyl (C=O) groups is 1. The topological polar surface area (TPSA) is 79.4 Å². The van der Waals surface area contributed by atoms with Gasteiger partial charge in [0, 0.05) is 11.6 Å². The van der Waals surface area contributed by atoms with Gasteiger partial charge in [-0.05, 0) is 32.0 Å². The highest BCUT2D eigenvalue weighted by atomic mass is 16.5. The highest BCUT2D eigenvalue weighted by Crippen LogP contribution is 2.36. The molecule has 0 unspecified atom stereocenters. The fourth-order valence-corrected chi connectivity index (χ4v) is 2.17. The van der Waals surface area contributed by atoms with E-state index in [0.29, 0.717) is 34.1 Å². The minimum absolute atomic E-state index is 0.0500. The molecule has 0 aliphatic heterocycles. The molecular formula is C15H19N3O3. The van der Waals surface area contributed by atoms with Crippen LogP contribution in [0.3, 0.4) is 0 Å². The Kier molecular flexibility index (Phi) is 4.16. The van der Waals surface area contributed by atoms with E-state index in [1.165, 1.54) is 0 Å².